The second-order valence-corrected chi connectivity index (χ2v) is 4.39. The van der Waals surface area contributed by atoms with E-state index in [2.05, 4.69) is 20.1 Å². The van der Waals surface area contributed by atoms with Gasteiger partial charge in [0.05, 0.1) is 19.8 Å². The standard InChI is InChI=1S/C16H16N2O4/c1-21-15(19)11-4-3-5-14(10-11)17-12-6-8-13(9-7-12)18-16(20)22-2/h3-10,17H,1-2H3,(H,18,20). The largest absolute Gasteiger partial charge is 0.465 e. The number of hydrogen-bond donors (Lipinski definition) is 2. The molecule has 2 aromatic rings. The Morgan fingerprint density at radius 3 is 2.18 bits per heavy atom. The minimum absolute atomic E-state index is 0.388. The number of carbonyl (C=O) groups is 2. The van der Waals surface area contributed by atoms with Crippen LogP contribution in [0.1, 0.15) is 10.4 Å². The van der Waals surface area contributed by atoms with Crippen molar-refractivity contribution in [3.05, 3.63) is 54.1 Å². The van der Waals surface area contributed by atoms with Crippen LogP contribution < -0.4 is 10.6 Å². The maximum Gasteiger partial charge on any atom is 0.411 e. The van der Waals surface area contributed by atoms with Gasteiger partial charge in [0, 0.05) is 17.1 Å². The number of carbonyl (C=O) groups excluding carboxylic acids is 2. The van der Waals surface area contributed by atoms with Gasteiger partial charge in [0.15, 0.2) is 0 Å². The normalized spacial score (nSPS) is 9.73. The van der Waals surface area contributed by atoms with Crippen LogP contribution in [0.3, 0.4) is 0 Å². The minimum Gasteiger partial charge on any atom is -0.465 e. The molecule has 6 heteroatoms. The number of nitrogens with one attached hydrogen (secondary N) is 2. The molecule has 0 aliphatic carbocycles. The Hall–Kier alpha value is -3.02. The molecule has 114 valence electrons. The summed E-state index contributed by atoms with van der Waals surface area (Å²) < 4.78 is 9.20. The van der Waals surface area contributed by atoms with Crippen molar-refractivity contribution in [2.75, 3.05) is 24.9 Å². The predicted octanol–water partition coefficient (Wildman–Crippen LogP) is 3.40. The molecule has 0 aliphatic heterocycles. The fraction of sp³-hybridized carbons (Fsp3) is 0.125. The molecule has 2 N–H and O–H groups in total. The Morgan fingerprint density at radius 2 is 1.55 bits per heavy atom. The molecule has 6 nitrogen and oxygen atoms in total. The molecule has 0 unspecified atom stereocenters. The van der Waals surface area contributed by atoms with Crippen LogP contribution in [0, 0.1) is 0 Å². The zero-order valence-corrected chi connectivity index (χ0v) is 12.3. The molecule has 0 heterocycles. The Morgan fingerprint density at radius 1 is 0.864 bits per heavy atom. The first-order chi connectivity index (χ1) is 10.6. The SMILES string of the molecule is COC(=O)Nc1ccc(Nc2cccc(C(=O)OC)c2)cc1. The Kier molecular flexibility index (Phi) is 4.98. The number of amides is 1. The Bertz CT molecular complexity index is 668. The van der Waals surface area contributed by atoms with Crippen LogP contribution in [0.2, 0.25) is 0 Å². The molecule has 0 saturated carbocycles. The van der Waals surface area contributed by atoms with Gasteiger partial charge in [-0.05, 0) is 42.5 Å². The quantitative estimate of drug-likeness (QED) is 0.846. The summed E-state index contributed by atoms with van der Waals surface area (Å²) in [4.78, 5) is 22.6. The second-order valence-electron chi connectivity index (χ2n) is 4.39. The average Bonchev–Trinajstić information content (AvgIpc) is 2.56. The molecule has 2 rings (SSSR count). The molecule has 0 radical (unpaired) electrons. The molecular formula is C16H16N2O4. The van der Waals surface area contributed by atoms with E-state index in [9.17, 15) is 9.59 Å². The van der Waals surface area contributed by atoms with E-state index in [0.29, 0.717) is 11.3 Å². The first-order valence-electron chi connectivity index (χ1n) is 6.53. The van der Waals surface area contributed by atoms with Crippen LogP contribution in [-0.2, 0) is 9.47 Å². The minimum atomic E-state index is -0.522. The van der Waals surface area contributed by atoms with Gasteiger partial charge in [0.1, 0.15) is 0 Å². The van der Waals surface area contributed by atoms with Crippen LogP contribution in [-0.4, -0.2) is 26.3 Å². The topological polar surface area (TPSA) is 76.7 Å². The highest BCUT2D eigenvalue weighted by Gasteiger charge is 2.06. The number of rotatable bonds is 4. The predicted molar refractivity (Wildman–Crippen MR) is 83.5 cm³/mol. The third kappa shape index (κ3) is 3.99. The molecule has 1 amide bonds. The van der Waals surface area contributed by atoms with Crippen LogP contribution in [0.5, 0.6) is 0 Å². The lowest BCUT2D eigenvalue weighted by molar-refractivity contribution is 0.0600. The molecule has 0 fully saturated rings. The molecule has 0 atom stereocenters. The molecule has 0 aliphatic rings. The van der Waals surface area contributed by atoms with E-state index in [0.717, 1.165) is 11.4 Å². The number of benzene rings is 2. The fourth-order valence-electron chi connectivity index (χ4n) is 1.81. The van der Waals surface area contributed by atoms with Crippen molar-refractivity contribution < 1.29 is 19.1 Å². The Labute approximate surface area is 128 Å². The summed E-state index contributed by atoms with van der Waals surface area (Å²) in [7, 11) is 2.65. The number of methoxy groups -OCH3 is 2. The van der Waals surface area contributed by atoms with Gasteiger partial charge in [-0.25, -0.2) is 9.59 Å². The first-order valence-corrected chi connectivity index (χ1v) is 6.53. The molecular weight excluding hydrogens is 284 g/mol. The third-order valence-corrected chi connectivity index (χ3v) is 2.89. The van der Waals surface area contributed by atoms with E-state index >= 15 is 0 Å². The van der Waals surface area contributed by atoms with Crippen molar-refractivity contribution in [1.82, 2.24) is 0 Å². The van der Waals surface area contributed by atoms with Gasteiger partial charge in [-0.2, -0.15) is 0 Å². The highest BCUT2D eigenvalue weighted by Crippen LogP contribution is 2.20. The summed E-state index contributed by atoms with van der Waals surface area (Å²) in [5.74, 6) is -0.388. The van der Waals surface area contributed by atoms with Crippen molar-refractivity contribution in [1.29, 1.82) is 0 Å². The summed E-state index contributed by atoms with van der Waals surface area (Å²) in [6.07, 6.45) is -0.522. The van der Waals surface area contributed by atoms with Gasteiger partial charge in [0.2, 0.25) is 0 Å². The fourth-order valence-corrected chi connectivity index (χ4v) is 1.81. The first kappa shape index (κ1) is 15.4. The van der Waals surface area contributed by atoms with E-state index in [1.807, 2.05) is 6.07 Å². The monoisotopic (exact) mass is 300 g/mol. The smallest absolute Gasteiger partial charge is 0.411 e. The zero-order chi connectivity index (χ0) is 15.9. The third-order valence-electron chi connectivity index (χ3n) is 2.89. The van der Waals surface area contributed by atoms with Crippen molar-refractivity contribution in [2.24, 2.45) is 0 Å². The number of ether oxygens (including phenoxy) is 2. The van der Waals surface area contributed by atoms with E-state index in [1.165, 1.54) is 14.2 Å². The lowest BCUT2D eigenvalue weighted by Gasteiger charge is -2.09. The number of anilines is 3. The lowest BCUT2D eigenvalue weighted by atomic mass is 10.2. The van der Waals surface area contributed by atoms with Crippen LogP contribution in [0.15, 0.2) is 48.5 Å². The van der Waals surface area contributed by atoms with Crippen LogP contribution >= 0.6 is 0 Å². The van der Waals surface area contributed by atoms with Gasteiger partial charge in [-0.1, -0.05) is 6.07 Å². The van der Waals surface area contributed by atoms with Crippen molar-refractivity contribution in [2.45, 2.75) is 0 Å². The van der Waals surface area contributed by atoms with Crippen molar-refractivity contribution >= 4 is 29.1 Å². The van der Waals surface area contributed by atoms with E-state index < -0.39 is 6.09 Å². The van der Waals surface area contributed by atoms with Crippen LogP contribution in [0.4, 0.5) is 21.9 Å². The van der Waals surface area contributed by atoms with Crippen LogP contribution in [0.25, 0.3) is 0 Å². The summed E-state index contributed by atoms with van der Waals surface area (Å²) in [5.41, 5.74) is 2.67. The molecule has 0 aromatic heterocycles. The molecule has 0 bridgehead atoms. The zero-order valence-electron chi connectivity index (χ0n) is 12.3. The van der Waals surface area contributed by atoms with E-state index in [-0.39, 0.29) is 5.97 Å². The van der Waals surface area contributed by atoms with Gasteiger partial charge >= 0.3 is 12.1 Å². The summed E-state index contributed by atoms with van der Waals surface area (Å²) in [6.45, 7) is 0. The van der Waals surface area contributed by atoms with Gasteiger partial charge < -0.3 is 14.8 Å². The Balaban J connectivity index is 2.07. The van der Waals surface area contributed by atoms with Crippen molar-refractivity contribution in [3.63, 3.8) is 0 Å². The van der Waals surface area contributed by atoms with Gasteiger partial charge in [-0.3, -0.25) is 5.32 Å². The summed E-state index contributed by atoms with van der Waals surface area (Å²) in [6, 6.07) is 14.1. The maximum absolute atomic E-state index is 11.5. The summed E-state index contributed by atoms with van der Waals surface area (Å²) >= 11 is 0. The van der Waals surface area contributed by atoms with E-state index in [4.69, 9.17) is 0 Å². The summed E-state index contributed by atoms with van der Waals surface area (Å²) in [5, 5.41) is 5.73. The van der Waals surface area contributed by atoms with Gasteiger partial charge in [-0.15, -0.1) is 0 Å². The molecule has 22 heavy (non-hydrogen) atoms. The van der Waals surface area contributed by atoms with Crippen molar-refractivity contribution in [3.8, 4) is 0 Å². The number of hydrogen-bond acceptors (Lipinski definition) is 5. The highest BCUT2D eigenvalue weighted by molar-refractivity contribution is 5.90. The number of esters is 1. The molecule has 2 aromatic carbocycles. The maximum atomic E-state index is 11.5. The lowest BCUT2D eigenvalue weighted by Crippen LogP contribution is -2.10. The molecule has 0 spiro atoms. The molecule has 0 saturated heterocycles. The van der Waals surface area contributed by atoms with E-state index in [1.54, 1.807) is 42.5 Å². The average molecular weight is 300 g/mol. The second kappa shape index (κ2) is 7.12. The van der Waals surface area contributed by atoms with Gasteiger partial charge in [0.25, 0.3) is 0 Å². The highest BCUT2D eigenvalue weighted by atomic mass is 16.5.